The van der Waals surface area contributed by atoms with Crippen LogP contribution in [0.5, 0.6) is 11.5 Å². The molecule has 0 aromatic heterocycles. The van der Waals surface area contributed by atoms with Gasteiger partial charge in [0.25, 0.3) is 0 Å². The fourth-order valence-corrected chi connectivity index (χ4v) is 2.48. The molecule has 1 aliphatic rings. The maximum Gasteiger partial charge on any atom is 0.128 e. The Morgan fingerprint density at radius 3 is 2.83 bits per heavy atom. The Kier molecular flexibility index (Phi) is 4.44. The number of rotatable bonds is 4. The van der Waals surface area contributed by atoms with Crippen LogP contribution in [0.1, 0.15) is 24.5 Å². The fourth-order valence-electron chi connectivity index (χ4n) is 2.48. The number of hydrogen-bond acceptors (Lipinski definition) is 4. The summed E-state index contributed by atoms with van der Waals surface area (Å²) in [6.07, 6.45) is 2.22. The second-order valence-electron chi connectivity index (χ2n) is 4.54. The Morgan fingerprint density at radius 1 is 1.33 bits per heavy atom. The van der Waals surface area contributed by atoms with Crippen LogP contribution in [0.15, 0.2) is 18.2 Å². The Balaban J connectivity index is 2.30. The van der Waals surface area contributed by atoms with E-state index in [2.05, 4.69) is 0 Å². The summed E-state index contributed by atoms with van der Waals surface area (Å²) in [5.41, 5.74) is 6.90. The molecule has 2 N–H and O–H groups in total. The quantitative estimate of drug-likeness (QED) is 0.890. The highest BCUT2D eigenvalue weighted by molar-refractivity contribution is 5.42. The van der Waals surface area contributed by atoms with Gasteiger partial charge in [0.05, 0.1) is 20.3 Å². The standard InChI is InChI=1S/C14H21NO3/c1-16-11-5-6-12(13(8-11)17-2)14-10(9-15)4-3-7-18-14/h5-6,8,10,14H,3-4,7,9,15H2,1-2H3. The van der Waals surface area contributed by atoms with E-state index >= 15 is 0 Å². The van der Waals surface area contributed by atoms with Gasteiger partial charge in [0, 0.05) is 24.2 Å². The molecule has 4 heteroatoms. The van der Waals surface area contributed by atoms with Crippen molar-refractivity contribution in [3.05, 3.63) is 23.8 Å². The Hall–Kier alpha value is -1.26. The molecule has 0 amide bonds. The molecule has 2 unspecified atom stereocenters. The van der Waals surface area contributed by atoms with Crippen molar-refractivity contribution >= 4 is 0 Å². The van der Waals surface area contributed by atoms with Crippen molar-refractivity contribution in [2.75, 3.05) is 27.4 Å². The first-order valence-corrected chi connectivity index (χ1v) is 6.33. The van der Waals surface area contributed by atoms with Crippen molar-refractivity contribution in [1.82, 2.24) is 0 Å². The lowest BCUT2D eigenvalue weighted by molar-refractivity contribution is -0.0263. The number of nitrogens with two attached hydrogens (primary N) is 1. The lowest BCUT2D eigenvalue weighted by Gasteiger charge is -2.32. The topological polar surface area (TPSA) is 53.7 Å². The van der Waals surface area contributed by atoms with Crippen LogP contribution in [-0.4, -0.2) is 27.4 Å². The minimum absolute atomic E-state index is 0.0320. The number of ether oxygens (including phenoxy) is 3. The molecule has 1 aliphatic heterocycles. The molecular weight excluding hydrogens is 230 g/mol. The van der Waals surface area contributed by atoms with Gasteiger partial charge in [0.15, 0.2) is 0 Å². The smallest absolute Gasteiger partial charge is 0.128 e. The van der Waals surface area contributed by atoms with Gasteiger partial charge >= 0.3 is 0 Å². The first kappa shape index (κ1) is 13.2. The summed E-state index contributed by atoms with van der Waals surface area (Å²) in [6.45, 7) is 1.43. The number of hydrogen-bond donors (Lipinski definition) is 1. The minimum atomic E-state index is 0.0320. The van der Waals surface area contributed by atoms with Crippen LogP contribution < -0.4 is 15.2 Å². The van der Waals surface area contributed by atoms with E-state index in [4.69, 9.17) is 19.9 Å². The summed E-state index contributed by atoms with van der Waals surface area (Å²) in [5, 5.41) is 0. The maximum atomic E-state index is 5.88. The minimum Gasteiger partial charge on any atom is -0.497 e. The summed E-state index contributed by atoms with van der Waals surface area (Å²) >= 11 is 0. The highest BCUT2D eigenvalue weighted by Gasteiger charge is 2.28. The average molecular weight is 251 g/mol. The average Bonchev–Trinajstić information content (AvgIpc) is 2.46. The molecular formula is C14H21NO3. The predicted octanol–water partition coefficient (Wildman–Crippen LogP) is 2.13. The summed E-state index contributed by atoms with van der Waals surface area (Å²) in [4.78, 5) is 0. The lowest BCUT2D eigenvalue weighted by atomic mass is 9.89. The number of benzene rings is 1. The van der Waals surface area contributed by atoms with Crippen LogP contribution in [0.3, 0.4) is 0 Å². The molecule has 1 heterocycles. The van der Waals surface area contributed by atoms with Crippen LogP contribution in [0.4, 0.5) is 0 Å². The number of methoxy groups -OCH3 is 2. The Labute approximate surface area is 108 Å². The molecule has 1 fully saturated rings. The third-order valence-corrected chi connectivity index (χ3v) is 3.49. The second kappa shape index (κ2) is 6.07. The van der Waals surface area contributed by atoms with E-state index in [0.29, 0.717) is 12.5 Å². The van der Waals surface area contributed by atoms with Crippen molar-refractivity contribution in [3.63, 3.8) is 0 Å². The van der Waals surface area contributed by atoms with Gasteiger partial charge in [-0.3, -0.25) is 0 Å². The normalized spacial score (nSPS) is 23.7. The molecule has 2 atom stereocenters. The van der Waals surface area contributed by atoms with Crippen LogP contribution in [0, 0.1) is 5.92 Å². The van der Waals surface area contributed by atoms with E-state index in [9.17, 15) is 0 Å². The van der Waals surface area contributed by atoms with E-state index in [1.54, 1.807) is 14.2 Å². The first-order valence-electron chi connectivity index (χ1n) is 6.33. The third kappa shape index (κ3) is 2.60. The maximum absolute atomic E-state index is 5.88. The molecule has 0 radical (unpaired) electrons. The molecule has 18 heavy (non-hydrogen) atoms. The molecule has 0 aliphatic carbocycles. The zero-order chi connectivity index (χ0) is 13.0. The summed E-state index contributed by atoms with van der Waals surface area (Å²) in [7, 11) is 3.31. The van der Waals surface area contributed by atoms with Gasteiger partial charge in [0.2, 0.25) is 0 Å². The SMILES string of the molecule is COc1ccc(C2OCCCC2CN)c(OC)c1. The Bertz CT molecular complexity index is 395. The van der Waals surface area contributed by atoms with Gasteiger partial charge in [-0.05, 0) is 31.5 Å². The third-order valence-electron chi connectivity index (χ3n) is 3.49. The van der Waals surface area contributed by atoms with Crippen molar-refractivity contribution < 1.29 is 14.2 Å². The van der Waals surface area contributed by atoms with Crippen LogP contribution in [0.2, 0.25) is 0 Å². The van der Waals surface area contributed by atoms with Crippen molar-refractivity contribution in [1.29, 1.82) is 0 Å². The van der Waals surface area contributed by atoms with Crippen LogP contribution >= 0.6 is 0 Å². The summed E-state index contributed by atoms with van der Waals surface area (Å²) < 4.78 is 16.5. The van der Waals surface area contributed by atoms with Crippen LogP contribution in [0.25, 0.3) is 0 Å². The molecule has 0 saturated carbocycles. The molecule has 2 rings (SSSR count). The predicted molar refractivity (Wildman–Crippen MR) is 70.0 cm³/mol. The van der Waals surface area contributed by atoms with E-state index < -0.39 is 0 Å². The van der Waals surface area contributed by atoms with Gasteiger partial charge in [0.1, 0.15) is 11.5 Å². The highest BCUT2D eigenvalue weighted by atomic mass is 16.5. The van der Waals surface area contributed by atoms with Crippen molar-refractivity contribution in [2.45, 2.75) is 18.9 Å². The summed E-state index contributed by atoms with van der Waals surface area (Å²) in [6, 6.07) is 5.83. The molecule has 1 aromatic carbocycles. The largest absolute Gasteiger partial charge is 0.497 e. The molecule has 1 aromatic rings. The lowest BCUT2D eigenvalue weighted by Crippen LogP contribution is -2.28. The van der Waals surface area contributed by atoms with Crippen molar-refractivity contribution in [3.8, 4) is 11.5 Å². The zero-order valence-electron chi connectivity index (χ0n) is 11.0. The van der Waals surface area contributed by atoms with Gasteiger partial charge in [-0.1, -0.05) is 0 Å². The molecule has 4 nitrogen and oxygen atoms in total. The Morgan fingerprint density at radius 2 is 2.17 bits per heavy atom. The first-order chi connectivity index (χ1) is 8.80. The summed E-state index contributed by atoms with van der Waals surface area (Å²) in [5.74, 6) is 1.96. The zero-order valence-corrected chi connectivity index (χ0v) is 11.0. The second-order valence-corrected chi connectivity index (χ2v) is 4.54. The van der Waals surface area contributed by atoms with Crippen LogP contribution in [-0.2, 0) is 4.74 Å². The van der Waals surface area contributed by atoms with Gasteiger partial charge in [-0.2, -0.15) is 0 Å². The van der Waals surface area contributed by atoms with Crippen molar-refractivity contribution in [2.24, 2.45) is 11.7 Å². The highest BCUT2D eigenvalue weighted by Crippen LogP contribution is 2.39. The van der Waals surface area contributed by atoms with Gasteiger partial charge in [-0.15, -0.1) is 0 Å². The fraction of sp³-hybridized carbons (Fsp3) is 0.571. The van der Waals surface area contributed by atoms with Gasteiger partial charge in [-0.25, -0.2) is 0 Å². The molecule has 100 valence electrons. The van der Waals surface area contributed by atoms with E-state index in [1.807, 2.05) is 18.2 Å². The molecule has 0 spiro atoms. The van der Waals surface area contributed by atoms with Gasteiger partial charge < -0.3 is 19.9 Å². The van der Waals surface area contributed by atoms with E-state index in [1.165, 1.54) is 0 Å². The van der Waals surface area contributed by atoms with E-state index in [-0.39, 0.29) is 6.10 Å². The molecule has 0 bridgehead atoms. The van der Waals surface area contributed by atoms with E-state index in [0.717, 1.165) is 36.5 Å². The molecule has 1 saturated heterocycles. The monoisotopic (exact) mass is 251 g/mol.